The van der Waals surface area contributed by atoms with Crippen LogP contribution in [-0.2, 0) is 4.79 Å². The first-order chi connectivity index (χ1) is 9.53. The first-order valence-corrected chi connectivity index (χ1v) is 7.29. The summed E-state index contributed by atoms with van der Waals surface area (Å²) in [5.74, 6) is 1.36. The Kier molecular flexibility index (Phi) is 4.55. The van der Waals surface area contributed by atoms with Gasteiger partial charge in [0, 0.05) is 23.5 Å². The third-order valence-corrected chi connectivity index (χ3v) is 4.32. The number of nitrogens with two attached hydrogens (primary N) is 1. The maximum absolute atomic E-state index is 12.0. The molecule has 0 bridgehead atoms. The Bertz CT molecular complexity index is 521. The van der Waals surface area contributed by atoms with Crippen LogP contribution in [-0.4, -0.2) is 37.6 Å². The molecule has 0 spiro atoms. The molecule has 20 heavy (non-hydrogen) atoms. The zero-order chi connectivity index (χ0) is 14.9. The molecule has 2 rings (SSSR count). The molecular formula is C14H19BrN2O3. The number of ether oxygens (including phenoxy) is 2. The van der Waals surface area contributed by atoms with Gasteiger partial charge in [-0.3, -0.25) is 4.79 Å². The van der Waals surface area contributed by atoms with E-state index in [1.54, 1.807) is 19.1 Å². The topological polar surface area (TPSA) is 64.8 Å². The molecule has 0 saturated carbocycles. The number of carbonyl (C=O) groups is 1. The van der Waals surface area contributed by atoms with Gasteiger partial charge in [0.2, 0.25) is 5.91 Å². The number of amides is 1. The van der Waals surface area contributed by atoms with Crippen molar-refractivity contribution in [1.82, 2.24) is 4.90 Å². The number of benzene rings is 1. The number of likely N-dealkylation sites (tertiary alicyclic amines) is 1. The number of likely N-dealkylation sites (N-methyl/N-ethyl adjacent to an activating group) is 1. The fraction of sp³-hybridized carbons (Fsp3) is 0.500. The molecule has 1 aromatic carbocycles. The van der Waals surface area contributed by atoms with Gasteiger partial charge in [-0.25, -0.2) is 0 Å². The third-order valence-electron chi connectivity index (χ3n) is 3.63. The van der Waals surface area contributed by atoms with Crippen molar-refractivity contribution in [3.63, 3.8) is 0 Å². The van der Waals surface area contributed by atoms with Crippen molar-refractivity contribution < 1.29 is 14.3 Å². The molecule has 1 aromatic rings. The summed E-state index contributed by atoms with van der Waals surface area (Å²) in [4.78, 5) is 13.8. The molecular weight excluding hydrogens is 324 g/mol. The Morgan fingerprint density at radius 1 is 1.35 bits per heavy atom. The summed E-state index contributed by atoms with van der Waals surface area (Å²) < 4.78 is 11.5. The van der Waals surface area contributed by atoms with E-state index in [4.69, 9.17) is 15.2 Å². The summed E-state index contributed by atoms with van der Waals surface area (Å²) in [5.41, 5.74) is 7.09. The van der Waals surface area contributed by atoms with Crippen LogP contribution in [0.15, 0.2) is 16.6 Å². The first-order valence-electron chi connectivity index (χ1n) is 6.49. The standard InChI is InChI=1S/C14H19BrN2O3/c1-4-17-13(18)7-10(16)14(17)8-5-11(19-2)12(20-3)6-9(8)15/h5-6,10,14H,4,7,16H2,1-3H3. The van der Waals surface area contributed by atoms with E-state index in [1.807, 2.05) is 19.1 Å². The van der Waals surface area contributed by atoms with Gasteiger partial charge < -0.3 is 20.1 Å². The quantitative estimate of drug-likeness (QED) is 0.909. The molecule has 0 aromatic heterocycles. The van der Waals surface area contributed by atoms with Crippen molar-refractivity contribution in [3.05, 3.63) is 22.2 Å². The van der Waals surface area contributed by atoms with E-state index in [0.29, 0.717) is 24.5 Å². The van der Waals surface area contributed by atoms with Crippen LogP contribution < -0.4 is 15.2 Å². The van der Waals surface area contributed by atoms with Crippen LogP contribution in [0.25, 0.3) is 0 Å². The Morgan fingerprint density at radius 2 is 1.95 bits per heavy atom. The van der Waals surface area contributed by atoms with E-state index in [-0.39, 0.29) is 18.0 Å². The van der Waals surface area contributed by atoms with Gasteiger partial charge in [-0.1, -0.05) is 15.9 Å². The van der Waals surface area contributed by atoms with Crippen molar-refractivity contribution in [1.29, 1.82) is 0 Å². The maximum atomic E-state index is 12.0. The third kappa shape index (κ3) is 2.50. The summed E-state index contributed by atoms with van der Waals surface area (Å²) in [6.45, 7) is 2.59. The van der Waals surface area contributed by atoms with Gasteiger partial charge in [0.1, 0.15) is 0 Å². The Morgan fingerprint density at radius 3 is 2.50 bits per heavy atom. The van der Waals surface area contributed by atoms with Crippen molar-refractivity contribution in [2.24, 2.45) is 5.73 Å². The molecule has 1 saturated heterocycles. The molecule has 5 nitrogen and oxygen atoms in total. The molecule has 6 heteroatoms. The second kappa shape index (κ2) is 6.01. The van der Waals surface area contributed by atoms with Crippen LogP contribution in [0, 0.1) is 0 Å². The van der Waals surface area contributed by atoms with E-state index in [9.17, 15) is 4.79 Å². The van der Waals surface area contributed by atoms with E-state index in [1.165, 1.54) is 0 Å². The summed E-state index contributed by atoms with van der Waals surface area (Å²) in [6.07, 6.45) is 0.374. The minimum Gasteiger partial charge on any atom is -0.493 e. The second-order valence-electron chi connectivity index (χ2n) is 4.72. The van der Waals surface area contributed by atoms with Crippen LogP contribution >= 0.6 is 15.9 Å². The van der Waals surface area contributed by atoms with Crippen LogP contribution in [0.4, 0.5) is 0 Å². The molecule has 0 aliphatic carbocycles. The first kappa shape index (κ1) is 15.1. The zero-order valence-corrected chi connectivity index (χ0v) is 13.4. The molecule has 2 N–H and O–H groups in total. The normalized spacial score (nSPS) is 22.2. The van der Waals surface area contributed by atoms with Gasteiger partial charge in [0.05, 0.1) is 20.3 Å². The van der Waals surface area contributed by atoms with Crippen molar-refractivity contribution in [2.75, 3.05) is 20.8 Å². The monoisotopic (exact) mass is 342 g/mol. The van der Waals surface area contributed by atoms with Gasteiger partial charge in [-0.2, -0.15) is 0 Å². The van der Waals surface area contributed by atoms with Crippen LogP contribution in [0.3, 0.4) is 0 Å². The van der Waals surface area contributed by atoms with Crippen molar-refractivity contribution in [2.45, 2.75) is 25.4 Å². The minimum absolute atomic E-state index is 0.0895. The number of rotatable bonds is 4. The average molecular weight is 343 g/mol. The number of hydrogen-bond donors (Lipinski definition) is 1. The van der Waals surface area contributed by atoms with E-state index < -0.39 is 0 Å². The molecule has 1 aliphatic heterocycles. The number of halogens is 1. The maximum Gasteiger partial charge on any atom is 0.224 e. The van der Waals surface area contributed by atoms with Gasteiger partial charge in [-0.15, -0.1) is 0 Å². The Balaban J connectivity index is 2.48. The van der Waals surface area contributed by atoms with Gasteiger partial charge >= 0.3 is 0 Å². The summed E-state index contributed by atoms with van der Waals surface area (Å²) >= 11 is 3.54. The highest BCUT2D eigenvalue weighted by molar-refractivity contribution is 9.10. The molecule has 0 radical (unpaired) electrons. The van der Waals surface area contributed by atoms with E-state index >= 15 is 0 Å². The summed E-state index contributed by atoms with van der Waals surface area (Å²) in [6, 6.07) is 3.38. The van der Waals surface area contributed by atoms with E-state index in [0.717, 1.165) is 10.0 Å². The Labute approximate surface area is 127 Å². The lowest BCUT2D eigenvalue weighted by Gasteiger charge is -2.27. The van der Waals surface area contributed by atoms with Crippen LogP contribution in [0.1, 0.15) is 24.9 Å². The molecule has 1 heterocycles. The number of carbonyl (C=O) groups excluding carboxylic acids is 1. The molecule has 110 valence electrons. The van der Waals surface area contributed by atoms with Crippen LogP contribution in [0.2, 0.25) is 0 Å². The lowest BCUT2D eigenvalue weighted by Crippen LogP contribution is -2.33. The molecule has 1 amide bonds. The fourth-order valence-electron chi connectivity index (χ4n) is 2.68. The largest absolute Gasteiger partial charge is 0.493 e. The number of methoxy groups -OCH3 is 2. The van der Waals surface area contributed by atoms with Gasteiger partial charge in [-0.05, 0) is 24.6 Å². The van der Waals surface area contributed by atoms with Gasteiger partial charge in [0.15, 0.2) is 11.5 Å². The van der Waals surface area contributed by atoms with Crippen molar-refractivity contribution >= 4 is 21.8 Å². The molecule has 2 atom stereocenters. The highest BCUT2D eigenvalue weighted by Gasteiger charge is 2.39. The molecule has 1 fully saturated rings. The fourth-order valence-corrected chi connectivity index (χ4v) is 3.24. The predicted octanol–water partition coefficient (Wildman–Crippen LogP) is 2.09. The predicted molar refractivity (Wildman–Crippen MR) is 80.0 cm³/mol. The van der Waals surface area contributed by atoms with Gasteiger partial charge in [0.25, 0.3) is 0 Å². The highest BCUT2D eigenvalue weighted by atomic mass is 79.9. The lowest BCUT2D eigenvalue weighted by molar-refractivity contribution is -0.128. The number of nitrogens with zero attached hydrogens (tertiary/aromatic N) is 1. The lowest BCUT2D eigenvalue weighted by atomic mass is 10.00. The number of hydrogen-bond acceptors (Lipinski definition) is 4. The summed E-state index contributed by atoms with van der Waals surface area (Å²) in [5, 5.41) is 0. The Hall–Kier alpha value is -1.27. The van der Waals surface area contributed by atoms with Crippen molar-refractivity contribution in [3.8, 4) is 11.5 Å². The van der Waals surface area contributed by atoms with E-state index in [2.05, 4.69) is 15.9 Å². The SMILES string of the molecule is CCN1C(=O)CC(N)C1c1cc(OC)c(OC)cc1Br. The highest BCUT2D eigenvalue weighted by Crippen LogP contribution is 2.41. The second-order valence-corrected chi connectivity index (χ2v) is 5.58. The van der Waals surface area contributed by atoms with Crippen LogP contribution in [0.5, 0.6) is 11.5 Å². The molecule has 1 aliphatic rings. The zero-order valence-electron chi connectivity index (χ0n) is 11.9. The molecule has 2 unspecified atom stereocenters. The average Bonchev–Trinajstić information content (AvgIpc) is 2.72. The smallest absolute Gasteiger partial charge is 0.224 e. The summed E-state index contributed by atoms with van der Waals surface area (Å²) in [7, 11) is 3.18. The minimum atomic E-state index is -0.211.